The standard InChI is InChI=1S/C18H16N2O/c1-12-7-9-15(11-13(12)2)19-20-18-16-6-4-3-5-14(16)8-10-17(18)21/h3-11,21H,1-2H3. The van der Waals surface area contributed by atoms with Crippen LogP contribution in [0.3, 0.4) is 0 Å². The molecule has 0 saturated heterocycles. The van der Waals surface area contributed by atoms with Crippen molar-refractivity contribution in [3.63, 3.8) is 0 Å². The number of benzene rings is 3. The second kappa shape index (κ2) is 5.37. The van der Waals surface area contributed by atoms with Gasteiger partial charge in [-0.15, -0.1) is 5.11 Å². The Kier molecular flexibility index (Phi) is 3.40. The SMILES string of the molecule is Cc1ccc(N=Nc2c(O)ccc3ccccc23)cc1C. The van der Waals surface area contributed by atoms with Gasteiger partial charge in [-0.3, -0.25) is 0 Å². The Hall–Kier alpha value is -2.68. The van der Waals surface area contributed by atoms with Gasteiger partial charge in [0.15, 0.2) is 0 Å². The Morgan fingerprint density at radius 1 is 0.810 bits per heavy atom. The topological polar surface area (TPSA) is 45.0 Å². The average molecular weight is 276 g/mol. The van der Waals surface area contributed by atoms with E-state index in [1.807, 2.05) is 55.5 Å². The molecule has 0 heterocycles. The van der Waals surface area contributed by atoms with E-state index in [0.29, 0.717) is 5.69 Å². The maximum Gasteiger partial charge on any atom is 0.143 e. The highest BCUT2D eigenvalue weighted by molar-refractivity contribution is 5.95. The van der Waals surface area contributed by atoms with Gasteiger partial charge in [-0.1, -0.05) is 36.4 Å². The summed E-state index contributed by atoms with van der Waals surface area (Å²) in [4.78, 5) is 0. The maximum atomic E-state index is 10.0. The zero-order valence-corrected chi connectivity index (χ0v) is 12.0. The largest absolute Gasteiger partial charge is 0.506 e. The van der Waals surface area contributed by atoms with Crippen LogP contribution in [-0.2, 0) is 0 Å². The molecule has 0 radical (unpaired) electrons. The van der Waals surface area contributed by atoms with Crippen LogP contribution >= 0.6 is 0 Å². The van der Waals surface area contributed by atoms with Gasteiger partial charge in [0.05, 0.1) is 5.69 Å². The molecule has 1 N–H and O–H groups in total. The minimum absolute atomic E-state index is 0.140. The van der Waals surface area contributed by atoms with Crippen LogP contribution in [0.25, 0.3) is 10.8 Å². The Balaban J connectivity index is 2.06. The third-order valence-electron chi connectivity index (χ3n) is 3.64. The van der Waals surface area contributed by atoms with E-state index in [0.717, 1.165) is 16.5 Å². The molecule has 0 aromatic heterocycles. The molecule has 104 valence electrons. The Bertz CT molecular complexity index is 838. The highest BCUT2D eigenvalue weighted by Crippen LogP contribution is 2.36. The first-order valence-electron chi connectivity index (χ1n) is 6.85. The summed E-state index contributed by atoms with van der Waals surface area (Å²) in [7, 11) is 0. The van der Waals surface area contributed by atoms with Crippen molar-refractivity contribution in [2.45, 2.75) is 13.8 Å². The number of aryl methyl sites for hydroxylation is 2. The zero-order chi connectivity index (χ0) is 14.8. The first kappa shape index (κ1) is 13.3. The molecule has 3 nitrogen and oxygen atoms in total. The maximum absolute atomic E-state index is 10.0. The number of nitrogens with zero attached hydrogens (tertiary/aromatic N) is 2. The molecule has 0 fully saturated rings. The van der Waals surface area contributed by atoms with Crippen molar-refractivity contribution in [3.05, 3.63) is 65.7 Å². The van der Waals surface area contributed by atoms with Gasteiger partial charge >= 0.3 is 0 Å². The van der Waals surface area contributed by atoms with E-state index < -0.39 is 0 Å². The van der Waals surface area contributed by atoms with Crippen molar-refractivity contribution in [1.82, 2.24) is 0 Å². The summed E-state index contributed by atoms with van der Waals surface area (Å²) in [5.41, 5.74) is 3.69. The molecule has 3 aromatic carbocycles. The van der Waals surface area contributed by atoms with Gasteiger partial charge in [0.1, 0.15) is 11.4 Å². The van der Waals surface area contributed by atoms with E-state index in [1.165, 1.54) is 11.1 Å². The van der Waals surface area contributed by atoms with Crippen molar-refractivity contribution in [1.29, 1.82) is 0 Å². The van der Waals surface area contributed by atoms with Crippen molar-refractivity contribution in [3.8, 4) is 5.75 Å². The summed E-state index contributed by atoms with van der Waals surface area (Å²) in [6, 6.07) is 17.3. The first-order chi connectivity index (χ1) is 10.1. The van der Waals surface area contributed by atoms with Crippen LogP contribution in [0.15, 0.2) is 64.8 Å². The second-order valence-electron chi connectivity index (χ2n) is 5.12. The van der Waals surface area contributed by atoms with E-state index in [-0.39, 0.29) is 5.75 Å². The lowest BCUT2D eigenvalue weighted by Crippen LogP contribution is -1.78. The fraction of sp³-hybridized carbons (Fsp3) is 0.111. The number of rotatable bonds is 2. The van der Waals surface area contributed by atoms with Gasteiger partial charge in [0, 0.05) is 5.39 Å². The molecule has 0 saturated carbocycles. The van der Waals surface area contributed by atoms with Crippen molar-refractivity contribution in [2.24, 2.45) is 10.2 Å². The molecule has 0 amide bonds. The lowest BCUT2D eigenvalue weighted by Gasteiger charge is -2.04. The fourth-order valence-corrected chi connectivity index (χ4v) is 2.24. The van der Waals surface area contributed by atoms with E-state index in [1.54, 1.807) is 6.07 Å². The summed E-state index contributed by atoms with van der Waals surface area (Å²) >= 11 is 0. The minimum Gasteiger partial charge on any atom is -0.506 e. The number of aromatic hydroxyl groups is 1. The minimum atomic E-state index is 0.140. The van der Waals surface area contributed by atoms with Gasteiger partial charge in [-0.25, -0.2) is 0 Å². The van der Waals surface area contributed by atoms with Crippen LogP contribution < -0.4 is 0 Å². The highest BCUT2D eigenvalue weighted by atomic mass is 16.3. The predicted molar refractivity (Wildman–Crippen MR) is 85.7 cm³/mol. The van der Waals surface area contributed by atoms with Crippen molar-refractivity contribution < 1.29 is 5.11 Å². The van der Waals surface area contributed by atoms with E-state index in [4.69, 9.17) is 0 Å². The van der Waals surface area contributed by atoms with E-state index in [2.05, 4.69) is 17.2 Å². The van der Waals surface area contributed by atoms with E-state index in [9.17, 15) is 5.11 Å². The van der Waals surface area contributed by atoms with Gasteiger partial charge in [-0.2, -0.15) is 5.11 Å². The Morgan fingerprint density at radius 2 is 1.62 bits per heavy atom. The monoisotopic (exact) mass is 276 g/mol. The summed E-state index contributed by atoms with van der Waals surface area (Å²) in [6.07, 6.45) is 0. The quantitative estimate of drug-likeness (QED) is 0.610. The molecule has 0 aliphatic rings. The molecule has 0 bridgehead atoms. The van der Waals surface area contributed by atoms with Gasteiger partial charge in [-0.05, 0) is 48.6 Å². The van der Waals surface area contributed by atoms with Crippen LogP contribution in [0.2, 0.25) is 0 Å². The smallest absolute Gasteiger partial charge is 0.143 e. The number of hydrogen-bond acceptors (Lipinski definition) is 3. The van der Waals surface area contributed by atoms with Crippen LogP contribution in [0.1, 0.15) is 11.1 Å². The average Bonchev–Trinajstić information content (AvgIpc) is 2.50. The zero-order valence-electron chi connectivity index (χ0n) is 12.0. The lowest BCUT2D eigenvalue weighted by molar-refractivity contribution is 0.477. The lowest BCUT2D eigenvalue weighted by atomic mass is 10.1. The first-order valence-corrected chi connectivity index (χ1v) is 6.85. The number of phenols is 1. The third-order valence-corrected chi connectivity index (χ3v) is 3.64. The van der Waals surface area contributed by atoms with Gasteiger partial charge < -0.3 is 5.11 Å². The normalized spacial score (nSPS) is 11.3. The van der Waals surface area contributed by atoms with Crippen molar-refractivity contribution >= 4 is 22.1 Å². The van der Waals surface area contributed by atoms with Crippen LogP contribution in [0, 0.1) is 13.8 Å². The van der Waals surface area contributed by atoms with Crippen LogP contribution in [0.4, 0.5) is 11.4 Å². The third kappa shape index (κ3) is 2.63. The molecule has 0 spiro atoms. The molecule has 3 rings (SSSR count). The summed E-state index contributed by atoms with van der Waals surface area (Å²) in [5, 5.41) is 20.5. The number of hydrogen-bond donors (Lipinski definition) is 1. The van der Waals surface area contributed by atoms with Crippen LogP contribution in [-0.4, -0.2) is 5.11 Å². The summed E-state index contributed by atoms with van der Waals surface area (Å²) in [6.45, 7) is 4.11. The van der Waals surface area contributed by atoms with Gasteiger partial charge in [0.25, 0.3) is 0 Å². The predicted octanol–water partition coefficient (Wildman–Crippen LogP) is 5.58. The molecule has 0 aliphatic heterocycles. The highest BCUT2D eigenvalue weighted by Gasteiger charge is 2.05. The molecule has 3 aromatic rings. The molecule has 21 heavy (non-hydrogen) atoms. The van der Waals surface area contributed by atoms with Gasteiger partial charge in [0.2, 0.25) is 0 Å². The Morgan fingerprint density at radius 3 is 2.43 bits per heavy atom. The molecule has 0 atom stereocenters. The molecule has 0 aliphatic carbocycles. The second-order valence-corrected chi connectivity index (χ2v) is 5.12. The number of fused-ring (bicyclic) bond motifs is 1. The molecule has 3 heteroatoms. The summed E-state index contributed by atoms with van der Waals surface area (Å²) in [5.74, 6) is 0.140. The Labute approximate surface area is 123 Å². The molecular formula is C18H16N2O. The fourth-order valence-electron chi connectivity index (χ4n) is 2.24. The summed E-state index contributed by atoms with van der Waals surface area (Å²) < 4.78 is 0. The van der Waals surface area contributed by atoms with Crippen molar-refractivity contribution in [2.75, 3.05) is 0 Å². The molecular weight excluding hydrogens is 260 g/mol. The molecule has 0 unspecified atom stereocenters. The van der Waals surface area contributed by atoms with E-state index >= 15 is 0 Å². The van der Waals surface area contributed by atoms with Crippen LogP contribution in [0.5, 0.6) is 5.75 Å². The number of azo groups is 1. The number of phenolic OH excluding ortho intramolecular Hbond substituents is 1.